The van der Waals surface area contributed by atoms with Gasteiger partial charge in [0.25, 0.3) is 5.91 Å². The van der Waals surface area contributed by atoms with E-state index in [1.807, 2.05) is 4.90 Å². The van der Waals surface area contributed by atoms with Crippen molar-refractivity contribution in [3.63, 3.8) is 0 Å². The molecular weight excluding hydrogens is 402 g/mol. The summed E-state index contributed by atoms with van der Waals surface area (Å²) < 4.78 is 11.3. The normalized spacial score (nSPS) is 18.3. The van der Waals surface area contributed by atoms with Crippen LogP contribution in [-0.4, -0.2) is 73.5 Å². The Morgan fingerprint density at radius 3 is 2.50 bits per heavy atom. The molecule has 2 fully saturated rings. The van der Waals surface area contributed by atoms with Gasteiger partial charge < -0.3 is 23.9 Å². The van der Waals surface area contributed by atoms with Crippen molar-refractivity contribution in [2.45, 2.75) is 0 Å². The van der Waals surface area contributed by atoms with Gasteiger partial charge in [-0.2, -0.15) is 5.10 Å². The Kier molecular flexibility index (Phi) is 5.07. The van der Waals surface area contributed by atoms with Gasteiger partial charge in [-0.1, -0.05) is 0 Å². The van der Waals surface area contributed by atoms with Crippen LogP contribution in [0.15, 0.2) is 33.5 Å². The van der Waals surface area contributed by atoms with E-state index in [-0.39, 0.29) is 5.91 Å². The molecule has 2 saturated heterocycles. The Balaban J connectivity index is 1.39. The predicted octanol–water partition coefficient (Wildman–Crippen LogP) is 1.63. The maximum Gasteiger partial charge on any atom is 0.289 e. The van der Waals surface area contributed by atoms with Crippen molar-refractivity contribution < 1.29 is 13.9 Å². The summed E-state index contributed by atoms with van der Waals surface area (Å²) in [6, 6.07) is 5.50. The van der Waals surface area contributed by atoms with Crippen LogP contribution in [0.4, 0.5) is 11.5 Å². The number of hydrogen-bond acceptors (Lipinski definition) is 7. The Morgan fingerprint density at radius 1 is 1.04 bits per heavy atom. The average molecular weight is 422 g/mol. The molecule has 26 heavy (non-hydrogen) atoms. The number of piperazine rings is 1. The third-order valence-corrected chi connectivity index (χ3v) is 5.10. The van der Waals surface area contributed by atoms with Gasteiger partial charge in [0.15, 0.2) is 16.2 Å². The highest BCUT2D eigenvalue weighted by molar-refractivity contribution is 9.10. The highest BCUT2D eigenvalue weighted by atomic mass is 79.9. The minimum atomic E-state index is -0.0720. The first-order valence-electron chi connectivity index (χ1n) is 8.66. The standard InChI is InChI=1S/C17H20BrN5O3/c18-15-2-1-14(26-15)17(24)23-5-3-21(4-6-23)13-11-16(20-19-12-13)22-7-9-25-10-8-22/h1-2,11-12H,3-10H2. The number of morpholine rings is 1. The van der Waals surface area contributed by atoms with Gasteiger partial charge in [0.05, 0.1) is 25.1 Å². The molecule has 0 atom stereocenters. The van der Waals surface area contributed by atoms with E-state index in [0.717, 1.165) is 50.9 Å². The lowest BCUT2D eigenvalue weighted by Gasteiger charge is -2.36. The predicted molar refractivity (Wildman–Crippen MR) is 99.6 cm³/mol. The van der Waals surface area contributed by atoms with E-state index in [9.17, 15) is 4.79 Å². The Labute approximate surface area is 159 Å². The van der Waals surface area contributed by atoms with Crippen LogP contribution in [0.2, 0.25) is 0 Å². The smallest absolute Gasteiger partial charge is 0.289 e. The van der Waals surface area contributed by atoms with Crippen LogP contribution in [0.1, 0.15) is 10.6 Å². The zero-order valence-electron chi connectivity index (χ0n) is 14.3. The summed E-state index contributed by atoms with van der Waals surface area (Å²) in [6.07, 6.45) is 1.78. The van der Waals surface area contributed by atoms with Gasteiger partial charge in [-0.15, -0.1) is 5.10 Å². The molecule has 2 aliphatic rings. The number of nitrogens with zero attached hydrogens (tertiary/aromatic N) is 5. The van der Waals surface area contributed by atoms with E-state index >= 15 is 0 Å². The fourth-order valence-electron chi connectivity index (χ4n) is 3.22. The van der Waals surface area contributed by atoms with Gasteiger partial charge in [0.1, 0.15) is 0 Å². The molecule has 2 aromatic rings. The maximum absolute atomic E-state index is 12.5. The molecular formula is C17H20BrN5O3. The average Bonchev–Trinajstić information content (AvgIpc) is 3.15. The van der Waals surface area contributed by atoms with Gasteiger partial charge in [0.2, 0.25) is 0 Å². The Morgan fingerprint density at radius 2 is 1.81 bits per heavy atom. The topological polar surface area (TPSA) is 74.9 Å². The van der Waals surface area contributed by atoms with Crippen LogP contribution in [0.25, 0.3) is 0 Å². The summed E-state index contributed by atoms with van der Waals surface area (Å²) >= 11 is 3.23. The number of rotatable bonds is 3. The van der Waals surface area contributed by atoms with Crippen LogP contribution < -0.4 is 9.80 Å². The van der Waals surface area contributed by atoms with E-state index in [1.54, 1.807) is 18.3 Å². The molecule has 138 valence electrons. The molecule has 0 aliphatic carbocycles. The molecule has 8 nitrogen and oxygen atoms in total. The van der Waals surface area contributed by atoms with E-state index in [1.165, 1.54) is 0 Å². The second-order valence-corrected chi connectivity index (χ2v) is 7.04. The molecule has 0 aromatic carbocycles. The van der Waals surface area contributed by atoms with Crippen molar-refractivity contribution in [2.75, 3.05) is 62.3 Å². The molecule has 0 spiro atoms. The van der Waals surface area contributed by atoms with Crippen molar-refractivity contribution >= 4 is 33.3 Å². The van der Waals surface area contributed by atoms with Crippen LogP contribution >= 0.6 is 15.9 Å². The van der Waals surface area contributed by atoms with Crippen LogP contribution in [0.3, 0.4) is 0 Å². The molecule has 9 heteroatoms. The SMILES string of the molecule is O=C(c1ccc(Br)o1)N1CCN(c2cnnc(N3CCOCC3)c2)CC1. The number of halogens is 1. The summed E-state index contributed by atoms with van der Waals surface area (Å²) in [7, 11) is 0. The summed E-state index contributed by atoms with van der Waals surface area (Å²) in [5.41, 5.74) is 1.04. The second kappa shape index (κ2) is 7.63. The zero-order valence-corrected chi connectivity index (χ0v) is 15.9. The molecule has 2 aliphatic heterocycles. The van der Waals surface area contributed by atoms with Crippen LogP contribution in [0.5, 0.6) is 0 Å². The van der Waals surface area contributed by atoms with Gasteiger partial charge in [-0.05, 0) is 28.1 Å². The highest BCUT2D eigenvalue weighted by Gasteiger charge is 2.25. The number of aromatic nitrogens is 2. The first-order chi connectivity index (χ1) is 12.7. The van der Waals surface area contributed by atoms with Gasteiger partial charge in [-0.3, -0.25) is 4.79 Å². The number of carbonyl (C=O) groups is 1. The number of hydrogen-bond donors (Lipinski definition) is 0. The van der Waals surface area contributed by atoms with Gasteiger partial charge >= 0.3 is 0 Å². The van der Waals surface area contributed by atoms with Crippen molar-refractivity contribution in [2.24, 2.45) is 0 Å². The van der Waals surface area contributed by atoms with Gasteiger partial charge in [-0.25, -0.2) is 0 Å². The molecule has 0 N–H and O–H groups in total. The van der Waals surface area contributed by atoms with Crippen molar-refractivity contribution in [3.8, 4) is 0 Å². The molecule has 2 aromatic heterocycles. The molecule has 4 heterocycles. The fraction of sp³-hybridized carbons (Fsp3) is 0.471. The molecule has 0 bridgehead atoms. The lowest BCUT2D eigenvalue weighted by atomic mass is 10.2. The number of carbonyl (C=O) groups excluding carboxylic acids is 1. The highest BCUT2D eigenvalue weighted by Crippen LogP contribution is 2.22. The third kappa shape index (κ3) is 3.68. The number of furan rings is 1. The fourth-order valence-corrected chi connectivity index (χ4v) is 3.52. The van der Waals surface area contributed by atoms with E-state index in [4.69, 9.17) is 9.15 Å². The number of amides is 1. The molecule has 4 rings (SSSR count). The summed E-state index contributed by atoms with van der Waals surface area (Å²) in [5.74, 6) is 1.17. The Hall–Kier alpha value is -2.13. The zero-order chi connectivity index (χ0) is 17.9. The summed E-state index contributed by atoms with van der Waals surface area (Å²) in [4.78, 5) is 18.7. The largest absolute Gasteiger partial charge is 0.444 e. The van der Waals surface area contributed by atoms with Gasteiger partial charge in [0, 0.05) is 45.3 Å². The Bertz CT molecular complexity index is 769. The summed E-state index contributed by atoms with van der Waals surface area (Å²) in [5, 5.41) is 8.42. The first-order valence-corrected chi connectivity index (χ1v) is 9.45. The number of ether oxygens (including phenoxy) is 1. The van der Waals surface area contributed by atoms with Crippen molar-refractivity contribution in [1.82, 2.24) is 15.1 Å². The lowest BCUT2D eigenvalue weighted by molar-refractivity contribution is 0.0713. The minimum Gasteiger partial charge on any atom is -0.444 e. The van der Waals surface area contributed by atoms with E-state index in [2.05, 4.69) is 42.0 Å². The molecule has 1 amide bonds. The molecule has 0 saturated carbocycles. The lowest BCUT2D eigenvalue weighted by Crippen LogP contribution is -2.48. The van der Waals surface area contributed by atoms with Crippen molar-refractivity contribution in [3.05, 3.63) is 34.8 Å². The monoisotopic (exact) mass is 421 g/mol. The third-order valence-electron chi connectivity index (χ3n) is 4.68. The minimum absolute atomic E-state index is 0.0720. The van der Waals surface area contributed by atoms with E-state index < -0.39 is 0 Å². The number of anilines is 2. The maximum atomic E-state index is 12.5. The van der Waals surface area contributed by atoms with Crippen molar-refractivity contribution in [1.29, 1.82) is 0 Å². The first kappa shape index (κ1) is 17.3. The molecule has 0 radical (unpaired) electrons. The quantitative estimate of drug-likeness (QED) is 0.745. The second-order valence-electron chi connectivity index (χ2n) is 6.25. The van der Waals surface area contributed by atoms with Crippen LogP contribution in [-0.2, 0) is 4.74 Å². The molecule has 0 unspecified atom stereocenters. The summed E-state index contributed by atoms with van der Waals surface area (Å²) in [6.45, 7) is 5.89. The van der Waals surface area contributed by atoms with Crippen LogP contribution in [0, 0.1) is 0 Å². The van der Waals surface area contributed by atoms with E-state index in [0.29, 0.717) is 23.5 Å².